The molecule has 1 aromatic rings. The van der Waals surface area contributed by atoms with Crippen LogP contribution in [-0.2, 0) is 4.79 Å². The number of hydrogen-bond donors (Lipinski definition) is 2. The number of aliphatic carboxylic acids is 1. The fourth-order valence-electron chi connectivity index (χ4n) is 1.11. The second-order valence-electron chi connectivity index (χ2n) is 3.42. The van der Waals surface area contributed by atoms with Crippen LogP contribution in [0.1, 0.15) is 24.3 Å². The van der Waals surface area contributed by atoms with Crippen LogP contribution in [0, 0.1) is 0 Å². The van der Waals surface area contributed by atoms with E-state index < -0.39 is 18.4 Å². The van der Waals surface area contributed by atoms with Gasteiger partial charge in [0, 0.05) is 6.04 Å². The highest BCUT2D eigenvalue weighted by Crippen LogP contribution is 2.10. The summed E-state index contributed by atoms with van der Waals surface area (Å²) in [6.45, 7) is 2.94. The molecule has 0 fully saturated rings. The molecule has 1 heterocycles. The Morgan fingerprint density at radius 1 is 1.50 bits per heavy atom. The highest BCUT2D eigenvalue weighted by molar-refractivity contribution is 5.97. The summed E-state index contributed by atoms with van der Waals surface area (Å²) in [5, 5.41) is 15.3. The lowest BCUT2D eigenvalue weighted by Gasteiger charge is -2.23. The van der Waals surface area contributed by atoms with E-state index in [0.717, 1.165) is 4.90 Å². The number of amides is 1. The number of carbonyl (C=O) groups excluding carboxylic acids is 1. The highest BCUT2D eigenvalue weighted by atomic mass is 16.6. The monoisotopic (exact) mass is 228 g/mol. The van der Waals surface area contributed by atoms with Crippen LogP contribution in [0.25, 0.3) is 0 Å². The number of hydrogen-bond acceptors (Lipinski definition) is 6. The van der Waals surface area contributed by atoms with Crippen molar-refractivity contribution in [3.8, 4) is 0 Å². The maximum Gasteiger partial charge on any atom is 0.323 e. The number of carboxylic acids is 1. The number of nitrogens with two attached hydrogens (primary N) is 1. The third-order valence-corrected chi connectivity index (χ3v) is 1.91. The molecule has 0 saturated carbocycles. The first-order valence-corrected chi connectivity index (χ1v) is 4.54. The minimum absolute atomic E-state index is 0.152. The summed E-state index contributed by atoms with van der Waals surface area (Å²) >= 11 is 0. The van der Waals surface area contributed by atoms with Crippen LogP contribution in [0.5, 0.6) is 0 Å². The lowest BCUT2D eigenvalue weighted by atomic mass is 10.2. The lowest BCUT2D eigenvalue weighted by Crippen LogP contribution is -2.41. The normalized spacial score (nSPS) is 10.4. The summed E-state index contributed by atoms with van der Waals surface area (Å²) in [7, 11) is 0. The Labute approximate surface area is 91.0 Å². The van der Waals surface area contributed by atoms with Gasteiger partial charge >= 0.3 is 5.97 Å². The smallest absolute Gasteiger partial charge is 0.323 e. The Morgan fingerprint density at radius 2 is 2.12 bits per heavy atom. The fourth-order valence-corrected chi connectivity index (χ4v) is 1.11. The molecular weight excluding hydrogens is 216 g/mol. The van der Waals surface area contributed by atoms with Gasteiger partial charge in [-0.3, -0.25) is 9.59 Å². The maximum atomic E-state index is 11.8. The van der Waals surface area contributed by atoms with Gasteiger partial charge in [0.1, 0.15) is 6.54 Å². The number of nitrogen functional groups attached to an aromatic ring is 1. The van der Waals surface area contributed by atoms with E-state index in [2.05, 4.69) is 14.9 Å². The Balaban J connectivity index is 2.92. The second-order valence-corrected chi connectivity index (χ2v) is 3.42. The third-order valence-electron chi connectivity index (χ3n) is 1.91. The van der Waals surface area contributed by atoms with Crippen molar-refractivity contribution in [1.29, 1.82) is 0 Å². The molecule has 8 heteroatoms. The third kappa shape index (κ3) is 2.47. The number of aromatic nitrogens is 2. The Hall–Kier alpha value is -2.12. The quantitative estimate of drug-likeness (QED) is 0.717. The zero-order chi connectivity index (χ0) is 12.3. The van der Waals surface area contributed by atoms with Gasteiger partial charge in [-0.05, 0) is 24.2 Å². The first kappa shape index (κ1) is 12.0. The molecule has 0 aliphatic carbocycles. The lowest BCUT2D eigenvalue weighted by molar-refractivity contribution is -0.138. The van der Waals surface area contributed by atoms with Gasteiger partial charge in [-0.25, -0.2) is 4.63 Å². The van der Waals surface area contributed by atoms with Crippen LogP contribution in [0.15, 0.2) is 4.63 Å². The minimum Gasteiger partial charge on any atom is -0.480 e. The number of anilines is 1. The van der Waals surface area contributed by atoms with Gasteiger partial charge in [0.25, 0.3) is 5.91 Å². The molecule has 0 radical (unpaired) electrons. The molecule has 0 spiro atoms. The molecule has 0 aliphatic rings. The summed E-state index contributed by atoms with van der Waals surface area (Å²) in [6, 6.07) is -0.292. The molecule has 0 aromatic carbocycles. The number of carbonyl (C=O) groups is 2. The number of carboxylic acid groups (broad SMARTS) is 1. The second kappa shape index (κ2) is 4.60. The average molecular weight is 228 g/mol. The molecule has 16 heavy (non-hydrogen) atoms. The molecule has 8 nitrogen and oxygen atoms in total. The first-order valence-electron chi connectivity index (χ1n) is 4.54. The Bertz CT molecular complexity index is 400. The molecule has 1 rings (SSSR count). The van der Waals surface area contributed by atoms with Crippen molar-refractivity contribution in [3.63, 3.8) is 0 Å². The van der Waals surface area contributed by atoms with Crippen molar-refractivity contribution >= 4 is 17.7 Å². The van der Waals surface area contributed by atoms with Crippen molar-refractivity contribution in [1.82, 2.24) is 15.2 Å². The van der Waals surface area contributed by atoms with Crippen LogP contribution < -0.4 is 5.73 Å². The van der Waals surface area contributed by atoms with Crippen molar-refractivity contribution < 1.29 is 19.3 Å². The topological polar surface area (TPSA) is 123 Å². The predicted molar refractivity (Wildman–Crippen MR) is 52.5 cm³/mol. The van der Waals surface area contributed by atoms with Crippen LogP contribution in [-0.4, -0.2) is 44.8 Å². The molecule has 3 N–H and O–H groups in total. The zero-order valence-electron chi connectivity index (χ0n) is 8.88. The summed E-state index contributed by atoms with van der Waals surface area (Å²) < 4.78 is 4.28. The van der Waals surface area contributed by atoms with Crippen LogP contribution >= 0.6 is 0 Å². The molecule has 0 atom stereocenters. The van der Waals surface area contributed by atoms with Crippen molar-refractivity contribution in [3.05, 3.63) is 5.69 Å². The zero-order valence-corrected chi connectivity index (χ0v) is 8.88. The standard InChI is InChI=1S/C8H12N4O4/c1-4(2)12(3-5(13)14)8(15)6-7(9)11-16-10-6/h4H,3H2,1-2H3,(H2,9,11)(H,13,14). The average Bonchev–Trinajstić information content (AvgIpc) is 2.59. The minimum atomic E-state index is -1.11. The van der Waals surface area contributed by atoms with E-state index in [4.69, 9.17) is 10.8 Å². The molecule has 0 saturated heterocycles. The van der Waals surface area contributed by atoms with Crippen molar-refractivity contribution in [2.45, 2.75) is 19.9 Å². The summed E-state index contributed by atoms with van der Waals surface area (Å²) in [5.41, 5.74) is 5.18. The van der Waals surface area contributed by atoms with E-state index in [1.807, 2.05) is 0 Å². The summed E-state index contributed by atoms with van der Waals surface area (Å²) in [6.07, 6.45) is 0. The summed E-state index contributed by atoms with van der Waals surface area (Å²) in [5.74, 6) is -1.88. The van der Waals surface area contributed by atoms with Crippen molar-refractivity contribution in [2.75, 3.05) is 12.3 Å². The van der Waals surface area contributed by atoms with Gasteiger partial charge in [0.15, 0.2) is 0 Å². The van der Waals surface area contributed by atoms with E-state index in [9.17, 15) is 9.59 Å². The first-order chi connectivity index (χ1) is 7.43. The molecule has 0 aliphatic heterocycles. The summed E-state index contributed by atoms with van der Waals surface area (Å²) in [4.78, 5) is 23.5. The predicted octanol–water partition coefficient (Wildman–Crippen LogP) is -0.413. The van der Waals surface area contributed by atoms with Crippen molar-refractivity contribution in [2.24, 2.45) is 0 Å². The van der Waals surface area contributed by atoms with Crippen LogP contribution in [0.3, 0.4) is 0 Å². The van der Waals surface area contributed by atoms with Gasteiger partial charge in [-0.15, -0.1) is 0 Å². The molecule has 1 amide bonds. The van der Waals surface area contributed by atoms with Gasteiger partial charge < -0.3 is 15.7 Å². The molecule has 1 aromatic heterocycles. The van der Waals surface area contributed by atoms with Crippen LogP contribution in [0.4, 0.5) is 5.82 Å². The van der Waals surface area contributed by atoms with E-state index in [0.29, 0.717) is 0 Å². The van der Waals surface area contributed by atoms with Gasteiger partial charge in [0.05, 0.1) is 0 Å². The molecule has 0 unspecified atom stereocenters. The molecule has 0 bridgehead atoms. The van der Waals surface area contributed by atoms with E-state index in [-0.39, 0.29) is 17.6 Å². The number of nitrogens with zero attached hydrogens (tertiary/aromatic N) is 3. The van der Waals surface area contributed by atoms with Gasteiger partial charge in [0.2, 0.25) is 11.5 Å². The fraction of sp³-hybridized carbons (Fsp3) is 0.500. The molecule has 88 valence electrons. The van der Waals surface area contributed by atoms with E-state index in [1.54, 1.807) is 13.8 Å². The Kier molecular flexibility index (Phi) is 3.44. The van der Waals surface area contributed by atoms with Crippen LogP contribution in [0.2, 0.25) is 0 Å². The van der Waals surface area contributed by atoms with E-state index in [1.165, 1.54) is 0 Å². The van der Waals surface area contributed by atoms with Gasteiger partial charge in [-0.2, -0.15) is 0 Å². The molecular formula is C8H12N4O4. The SMILES string of the molecule is CC(C)N(CC(=O)O)C(=O)c1nonc1N. The largest absolute Gasteiger partial charge is 0.480 e. The maximum absolute atomic E-state index is 11.8. The Morgan fingerprint density at radius 3 is 2.50 bits per heavy atom. The van der Waals surface area contributed by atoms with Gasteiger partial charge in [-0.1, -0.05) is 0 Å². The highest BCUT2D eigenvalue weighted by Gasteiger charge is 2.26. The van der Waals surface area contributed by atoms with E-state index >= 15 is 0 Å². The number of rotatable bonds is 4.